The monoisotopic (exact) mass is 449 g/mol. The maximum Gasteiger partial charge on any atom is 0.319 e. The van der Waals surface area contributed by atoms with Crippen molar-refractivity contribution in [3.05, 3.63) is 93.4 Å². The zero-order valence-corrected chi connectivity index (χ0v) is 18.7. The third-order valence-corrected chi connectivity index (χ3v) is 5.49. The SMILES string of the molecule is Cc1ccc([C@H](CC(=O)O)NC(=O)Nc2c(O)c(C)cn([C@@H](C)c3ccccc3)c2=O)cc1. The van der Waals surface area contributed by atoms with Gasteiger partial charge in [-0.3, -0.25) is 9.59 Å². The van der Waals surface area contributed by atoms with E-state index in [2.05, 4.69) is 10.6 Å². The molecule has 0 aliphatic heterocycles. The van der Waals surface area contributed by atoms with Crippen LogP contribution in [0.3, 0.4) is 0 Å². The highest BCUT2D eigenvalue weighted by atomic mass is 16.4. The molecule has 1 heterocycles. The molecule has 0 radical (unpaired) electrons. The number of carboxylic acids is 1. The molecule has 2 aromatic carbocycles. The van der Waals surface area contributed by atoms with Crippen molar-refractivity contribution >= 4 is 17.7 Å². The van der Waals surface area contributed by atoms with E-state index in [1.165, 1.54) is 10.8 Å². The second-order valence-corrected chi connectivity index (χ2v) is 7.99. The van der Waals surface area contributed by atoms with Crippen LogP contribution in [0.5, 0.6) is 5.75 Å². The molecule has 8 nitrogen and oxygen atoms in total. The van der Waals surface area contributed by atoms with E-state index in [4.69, 9.17) is 0 Å². The molecule has 3 aromatic rings. The molecule has 0 aliphatic carbocycles. The first-order valence-corrected chi connectivity index (χ1v) is 10.5. The zero-order valence-electron chi connectivity index (χ0n) is 18.7. The number of aliphatic carboxylic acids is 1. The maximum atomic E-state index is 13.1. The Balaban J connectivity index is 1.89. The van der Waals surface area contributed by atoms with Gasteiger partial charge in [-0.1, -0.05) is 60.2 Å². The largest absolute Gasteiger partial charge is 0.505 e. The van der Waals surface area contributed by atoms with Gasteiger partial charge in [0.2, 0.25) is 0 Å². The van der Waals surface area contributed by atoms with Crippen LogP contribution >= 0.6 is 0 Å². The average molecular weight is 450 g/mol. The van der Waals surface area contributed by atoms with E-state index < -0.39 is 23.6 Å². The average Bonchev–Trinajstić information content (AvgIpc) is 2.79. The van der Waals surface area contributed by atoms with Crippen molar-refractivity contribution in [3.63, 3.8) is 0 Å². The Morgan fingerprint density at radius 3 is 2.24 bits per heavy atom. The summed E-state index contributed by atoms with van der Waals surface area (Å²) in [5, 5.41) is 24.8. The van der Waals surface area contributed by atoms with Crippen molar-refractivity contribution in [2.45, 2.75) is 39.3 Å². The number of carbonyl (C=O) groups excluding carboxylic acids is 1. The van der Waals surface area contributed by atoms with E-state index in [0.29, 0.717) is 11.1 Å². The van der Waals surface area contributed by atoms with E-state index >= 15 is 0 Å². The van der Waals surface area contributed by atoms with Gasteiger partial charge in [-0.25, -0.2) is 4.79 Å². The van der Waals surface area contributed by atoms with Crippen LogP contribution in [-0.4, -0.2) is 26.8 Å². The standard InChI is InChI=1S/C25H27N3O5/c1-15-9-11-19(12-10-15)20(13-21(29)30)26-25(33)27-22-23(31)16(2)14-28(24(22)32)17(3)18-7-5-4-6-8-18/h4-12,14,17,20,31H,13H2,1-3H3,(H,29,30)(H2,26,27,33)/t17-,20-/m0/s1. The molecule has 0 aliphatic rings. The molecule has 0 spiro atoms. The number of carboxylic acid groups (broad SMARTS) is 1. The number of nitrogens with one attached hydrogen (secondary N) is 2. The van der Waals surface area contributed by atoms with Crippen LogP contribution in [0.1, 0.15) is 47.7 Å². The van der Waals surface area contributed by atoms with Crippen molar-refractivity contribution in [2.24, 2.45) is 0 Å². The van der Waals surface area contributed by atoms with Gasteiger partial charge in [0.1, 0.15) is 5.75 Å². The maximum absolute atomic E-state index is 13.1. The molecule has 33 heavy (non-hydrogen) atoms. The summed E-state index contributed by atoms with van der Waals surface area (Å²) in [6.07, 6.45) is 1.20. The molecule has 4 N–H and O–H groups in total. The summed E-state index contributed by atoms with van der Waals surface area (Å²) < 4.78 is 1.44. The molecule has 172 valence electrons. The first-order chi connectivity index (χ1) is 15.7. The first-order valence-electron chi connectivity index (χ1n) is 10.5. The van der Waals surface area contributed by atoms with Crippen LogP contribution < -0.4 is 16.2 Å². The molecule has 2 amide bonds. The molecule has 0 unspecified atom stereocenters. The lowest BCUT2D eigenvalue weighted by atomic mass is 10.0. The number of pyridine rings is 1. The molecular formula is C25H27N3O5. The summed E-state index contributed by atoms with van der Waals surface area (Å²) in [5.41, 5.74) is 2.06. The summed E-state index contributed by atoms with van der Waals surface area (Å²) in [7, 11) is 0. The number of urea groups is 1. The Morgan fingerprint density at radius 1 is 1.00 bits per heavy atom. The molecule has 0 saturated carbocycles. The number of amides is 2. The smallest absolute Gasteiger partial charge is 0.319 e. The lowest BCUT2D eigenvalue weighted by Gasteiger charge is -2.21. The highest BCUT2D eigenvalue weighted by Crippen LogP contribution is 2.26. The number of aryl methyl sites for hydroxylation is 2. The minimum absolute atomic E-state index is 0.270. The number of anilines is 1. The number of nitrogens with zero attached hydrogens (tertiary/aromatic N) is 1. The van der Waals surface area contributed by atoms with Crippen LogP contribution in [0.25, 0.3) is 0 Å². The van der Waals surface area contributed by atoms with Gasteiger partial charge in [-0.15, -0.1) is 0 Å². The third kappa shape index (κ3) is 5.60. The fourth-order valence-corrected chi connectivity index (χ4v) is 3.58. The first kappa shape index (κ1) is 23.6. The number of aromatic nitrogens is 1. The molecule has 0 saturated heterocycles. The molecule has 8 heteroatoms. The van der Waals surface area contributed by atoms with Crippen molar-refractivity contribution in [1.82, 2.24) is 9.88 Å². The van der Waals surface area contributed by atoms with E-state index in [-0.39, 0.29) is 23.9 Å². The predicted octanol–water partition coefficient (Wildman–Crippen LogP) is 4.12. The zero-order chi connectivity index (χ0) is 24.1. The van der Waals surface area contributed by atoms with Crippen LogP contribution in [0.2, 0.25) is 0 Å². The molecule has 3 rings (SSSR count). The molecule has 2 atom stereocenters. The summed E-state index contributed by atoms with van der Waals surface area (Å²) in [6.45, 7) is 5.38. The van der Waals surface area contributed by atoms with Crippen molar-refractivity contribution in [3.8, 4) is 5.75 Å². The minimum atomic E-state index is -1.08. The van der Waals surface area contributed by atoms with E-state index in [9.17, 15) is 24.6 Å². The van der Waals surface area contributed by atoms with Gasteiger partial charge in [0.15, 0.2) is 5.69 Å². The van der Waals surface area contributed by atoms with E-state index in [1.807, 2.05) is 56.3 Å². The van der Waals surface area contributed by atoms with Crippen LogP contribution in [0.15, 0.2) is 65.6 Å². The summed E-state index contributed by atoms with van der Waals surface area (Å²) in [6, 6.07) is 14.5. The lowest BCUT2D eigenvalue weighted by molar-refractivity contribution is -0.137. The Kier molecular flexibility index (Phi) is 7.17. The van der Waals surface area contributed by atoms with Crippen molar-refractivity contribution in [2.75, 3.05) is 5.32 Å². The Morgan fingerprint density at radius 2 is 1.64 bits per heavy atom. The normalized spacial score (nSPS) is 12.6. The van der Waals surface area contributed by atoms with Crippen molar-refractivity contribution < 1.29 is 19.8 Å². The molecule has 1 aromatic heterocycles. The number of carbonyl (C=O) groups is 2. The summed E-state index contributed by atoms with van der Waals surface area (Å²) in [5.74, 6) is -1.42. The van der Waals surface area contributed by atoms with Crippen LogP contribution in [0, 0.1) is 13.8 Å². The fraction of sp³-hybridized carbons (Fsp3) is 0.240. The number of aromatic hydroxyl groups is 1. The van der Waals surface area contributed by atoms with Crippen LogP contribution in [0.4, 0.5) is 10.5 Å². The Bertz CT molecular complexity index is 1200. The lowest BCUT2D eigenvalue weighted by Crippen LogP contribution is -2.36. The molecule has 0 bridgehead atoms. The van der Waals surface area contributed by atoms with Crippen LogP contribution in [-0.2, 0) is 4.79 Å². The number of benzene rings is 2. The van der Waals surface area contributed by atoms with Crippen molar-refractivity contribution in [1.29, 1.82) is 0 Å². The Hall–Kier alpha value is -4.07. The van der Waals surface area contributed by atoms with Gasteiger partial charge in [0.05, 0.1) is 18.5 Å². The Labute approximate surface area is 191 Å². The molecular weight excluding hydrogens is 422 g/mol. The second-order valence-electron chi connectivity index (χ2n) is 7.99. The second kappa shape index (κ2) is 10.0. The van der Waals surface area contributed by atoms with E-state index in [0.717, 1.165) is 11.1 Å². The third-order valence-electron chi connectivity index (χ3n) is 5.49. The number of hydrogen-bond acceptors (Lipinski definition) is 4. The van der Waals surface area contributed by atoms with Gasteiger partial charge in [-0.2, -0.15) is 0 Å². The van der Waals surface area contributed by atoms with Gasteiger partial charge in [0, 0.05) is 11.8 Å². The summed E-state index contributed by atoms with van der Waals surface area (Å²) in [4.78, 5) is 37.2. The number of hydrogen-bond donors (Lipinski definition) is 4. The topological polar surface area (TPSA) is 121 Å². The molecule has 0 fully saturated rings. The van der Waals surface area contributed by atoms with E-state index in [1.54, 1.807) is 19.1 Å². The summed E-state index contributed by atoms with van der Waals surface area (Å²) >= 11 is 0. The number of rotatable bonds is 7. The highest BCUT2D eigenvalue weighted by Gasteiger charge is 2.22. The highest BCUT2D eigenvalue weighted by molar-refractivity contribution is 5.91. The predicted molar refractivity (Wildman–Crippen MR) is 126 cm³/mol. The van der Waals surface area contributed by atoms with Gasteiger partial charge < -0.3 is 25.4 Å². The quantitative estimate of drug-likeness (QED) is 0.432. The van der Waals surface area contributed by atoms with Gasteiger partial charge >= 0.3 is 12.0 Å². The van der Waals surface area contributed by atoms with Gasteiger partial charge in [-0.05, 0) is 31.9 Å². The fourth-order valence-electron chi connectivity index (χ4n) is 3.58. The van der Waals surface area contributed by atoms with Gasteiger partial charge in [0.25, 0.3) is 5.56 Å². The minimum Gasteiger partial charge on any atom is -0.505 e.